The number of halogens is 1. The van der Waals surface area contributed by atoms with Crippen LogP contribution in [0.25, 0.3) is 16.8 Å². The number of hydrogen-bond donors (Lipinski definition) is 0. The minimum absolute atomic E-state index is 0.0318. The number of hydrogen-bond acceptors (Lipinski definition) is 5. The van der Waals surface area contributed by atoms with Crippen molar-refractivity contribution in [3.05, 3.63) is 70.5 Å². The first-order valence-corrected chi connectivity index (χ1v) is 11.8. The minimum atomic E-state index is -3.05. The Labute approximate surface area is 180 Å². The second-order valence-electron chi connectivity index (χ2n) is 7.37. The van der Waals surface area contributed by atoms with Crippen LogP contribution in [0.5, 0.6) is 0 Å². The molecule has 1 saturated heterocycles. The number of nitrogens with zero attached hydrogens (tertiary/aromatic N) is 2. The van der Waals surface area contributed by atoms with Crippen molar-refractivity contribution >= 4 is 44.3 Å². The van der Waals surface area contributed by atoms with Crippen molar-refractivity contribution < 1.29 is 17.9 Å². The first kappa shape index (κ1) is 20.6. The number of carbonyl (C=O) groups is 1. The fourth-order valence-electron chi connectivity index (χ4n) is 3.70. The molecule has 3 aromatic rings. The number of fused-ring (bicyclic) bond motifs is 1. The smallest absolute Gasteiger partial charge is 0.331 e. The Balaban J connectivity index is 1.45. The second-order valence-corrected chi connectivity index (χ2v) is 9.96. The van der Waals surface area contributed by atoms with Gasteiger partial charge in [-0.15, -0.1) is 0 Å². The van der Waals surface area contributed by atoms with Crippen LogP contribution in [0.3, 0.4) is 0 Å². The fraction of sp³-hybridized carbons (Fsp3) is 0.273. The molecule has 1 unspecified atom stereocenters. The number of rotatable bonds is 5. The van der Waals surface area contributed by atoms with Crippen molar-refractivity contribution in [3.63, 3.8) is 0 Å². The van der Waals surface area contributed by atoms with Crippen LogP contribution in [0, 0.1) is 6.92 Å². The molecule has 1 aromatic heterocycles. The Morgan fingerprint density at radius 1 is 1.27 bits per heavy atom. The zero-order chi connectivity index (χ0) is 21.3. The molecule has 30 heavy (non-hydrogen) atoms. The lowest BCUT2D eigenvalue weighted by Crippen LogP contribution is -2.12. The number of sulfone groups is 1. The standard InChI is InChI=1S/C22H21ClN2O4S/c1-15-19(22(23)25(24-15)18-11-12-30(27,28)14-18)9-10-21(26)29-13-17-7-4-6-16-5-2-3-8-20(16)17/h2-10,18H,11-14H2,1H3. The summed E-state index contributed by atoms with van der Waals surface area (Å²) in [6, 6.07) is 13.5. The number of aryl methyl sites for hydroxylation is 1. The van der Waals surface area contributed by atoms with Crippen LogP contribution in [0.15, 0.2) is 48.5 Å². The lowest BCUT2D eigenvalue weighted by atomic mass is 10.1. The van der Waals surface area contributed by atoms with E-state index in [1.54, 1.807) is 17.7 Å². The molecular weight excluding hydrogens is 424 g/mol. The van der Waals surface area contributed by atoms with Gasteiger partial charge in [0.2, 0.25) is 0 Å². The molecule has 1 fully saturated rings. The van der Waals surface area contributed by atoms with Crippen LogP contribution in [0.4, 0.5) is 0 Å². The third-order valence-corrected chi connectivity index (χ3v) is 7.39. The van der Waals surface area contributed by atoms with E-state index in [-0.39, 0.29) is 24.2 Å². The summed E-state index contributed by atoms with van der Waals surface area (Å²) in [5.41, 5.74) is 2.14. The maximum absolute atomic E-state index is 12.2. The molecule has 0 radical (unpaired) electrons. The van der Waals surface area contributed by atoms with E-state index >= 15 is 0 Å². The lowest BCUT2D eigenvalue weighted by molar-refractivity contribution is -0.138. The normalized spacial score (nSPS) is 18.3. The first-order valence-electron chi connectivity index (χ1n) is 9.60. The molecule has 0 saturated carbocycles. The number of aromatic nitrogens is 2. The average molecular weight is 445 g/mol. The van der Waals surface area contributed by atoms with Gasteiger partial charge >= 0.3 is 5.97 Å². The van der Waals surface area contributed by atoms with Gasteiger partial charge in [0.15, 0.2) is 9.84 Å². The van der Waals surface area contributed by atoms with Gasteiger partial charge in [-0.25, -0.2) is 17.9 Å². The zero-order valence-corrected chi connectivity index (χ0v) is 18.0. The van der Waals surface area contributed by atoms with Gasteiger partial charge in [-0.2, -0.15) is 5.10 Å². The van der Waals surface area contributed by atoms with Crippen LogP contribution in [-0.4, -0.2) is 35.7 Å². The van der Waals surface area contributed by atoms with E-state index in [0.29, 0.717) is 22.8 Å². The predicted octanol–water partition coefficient (Wildman–Crippen LogP) is 4.11. The average Bonchev–Trinajstić information content (AvgIpc) is 3.22. The molecule has 156 valence electrons. The molecule has 1 atom stereocenters. The van der Waals surface area contributed by atoms with Gasteiger partial charge in [0.05, 0.1) is 23.2 Å². The highest BCUT2D eigenvalue weighted by atomic mass is 35.5. The molecule has 6 nitrogen and oxygen atoms in total. The molecule has 0 bridgehead atoms. The van der Waals surface area contributed by atoms with E-state index in [9.17, 15) is 13.2 Å². The maximum atomic E-state index is 12.2. The topological polar surface area (TPSA) is 78.3 Å². The minimum Gasteiger partial charge on any atom is -0.458 e. The van der Waals surface area contributed by atoms with Gasteiger partial charge in [-0.1, -0.05) is 54.1 Å². The molecule has 0 aliphatic carbocycles. The van der Waals surface area contributed by atoms with Gasteiger partial charge in [0.1, 0.15) is 11.8 Å². The van der Waals surface area contributed by atoms with E-state index in [4.69, 9.17) is 16.3 Å². The van der Waals surface area contributed by atoms with Gasteiger partial charge in [-0.3, -0.25) is 0 Å². The molecule has 0 N–H and O–H groups in total. The van der Waals surface area contributed by atoms with Crippen molar-refractivity contribution in [2.45, 2.75) is 26.0 Å². The third kappa shape index (κ3) is 4.27. The van der Waals surface area contributed by atoms with E-state index in [1.807, 2.05) is 42.5 Å². The fourth-order valence-corrected chi connectivity index (χ4v) is 5.77. The summed E-state index contributed by atoms with van der Waals surface area (Å²) in [4.78, 5) is 12.2. The van der Waals surface area contributed by atoms with Crippen molar-refractivity contribution in [2.75, 3.05) is 11.5 Å². The maximum Gasteiger partial charge on any atom is 0.331 e. The molecule has 1 aliphatic rings. The molecular formula is C22H21ClN2O4S. The molecule has 2 aromatic carbocycles. The quantitative estimate of drug-likeness (QED) is 0.437. The summed E-state index contributed by atoms with van der Waals surface area (Å²) < 4.78 is 30.4. The van der Waals surface area contributed by atoms with Crippen molar-refractivity contribution in [2.24, 2.45) is 0 Å². The highest BCUT2D eigenvalue weighted by Gasteiger charge is 2.31. The Morgan fingerprint density at radius 2 is 2.03 bits per heavy atom. The lowest BCUT2D eigenvalue weighted by Gasteiger charge is -2.09. The van der Waals surface area contributed by atoms with E-state index < -0.39 is 15.8 Å². The van der Waals surface area contributed by atoms with Gasteiger partial charge in [-0.05, 0) is 35.8 Å². The zero-order valence-electron chi connectivity index (χ0n) is 16.4. The SMILES string of the molecule is Cc1nn(C2CCS(=O)(=O)C2)c(Cl)c1C=CC(=O)OCc1cccc2ccccc12. The molecule has 1 aliphatic heterocycles. The largest absolute Gasteiger partial charge is 0.458 e. The van der Waals surface area contributed by atoms with Gasteiger partial charge in [0.25, 0.3) is 0 Å². The van der Waals surface area contributed by atoms with Crippen LogP contribution >= 0.6 is 11.6 Å². The number of ether oxygens (including phenoxy) is 1. The van der Waals surface area contributed by atoms with Crippen molar-refractivity contribution in [3.8, 4) is 0 Å². The monoisotopic (exact) mass is 444 g/mol. The van der Waals surface area contributed by atoms with Crippen molar-refractivity contribution in [1.82, 2.24) is 9.78 Å². The molecule has 8 heteroatoms. The molecule has 2 heterocycles. The Hall–Kier alpha value is -2.64. The van der Waals surface area contributed by atoms with Crippen LogP contribution < -0.4 is 0 Å². The Bertz CT molecular complexity index is 1240. The first-order chi connectivity index (χ1) is 14.3. The van der Waals surface area contributed by atoms with Gasteiger partial charge in [0, 0.05) is 11.6 Å². The summed E-state index contributed by atoms with van der Waals surface area (Å²) in [6.45, 7) is 1.93. The number of carbonyl (C=O) groups excluding carboxylic acids is 1. The van der Waals surface area contributed by atoms with Crippen LogP contribution in [0.2, 0.25) is 5.15 Å². The van der Waals surface area contributed by atoms with E-state index in [1.165, 1.54) is 6.08 Å². The summed E-state index contributed by atoms with van der Waals surface area (Å²) in [5, 5.41) is 6.84. The molecule has 4 rings (SSSR count). The van der Waals surface area contributed by atoms with Gasteiger partial charge < -0.3 is 4.74 Å². The summed E-state index contributed by atoms with van der Waals surface area (Å²) in [6.07, 6.45) is 3.37. The van der Waals surface area contributed by atoms with E-state index in [2.05, 4.69) is 5.10 Å². The summed E-state index contributed by atoms with van der Waals surface area (Å²) >= 11 is 6.43. The highest BCUT2D eigenvalue weighted by Crippen LogP contribution is 2.30. The Morgan fingerprint density at radius 3 is 2.80 bits per heavy atom. The Kier molecular flexibility index (Phi) is 5.66. The van der Waals surface area contributed by atoms with E-state index in [0.717, 1.165) is 16.3 Å². The van der Waals surface area contributed by atoms with Crippen molar-refractivity contribution in [1.29, 1.82) is 0 Å². The van der Waals surface area contributed by atoms with Crippen LogP contribution in [0.1, 0.15) is 29.3 Å². The number of benzene rings is 2. The predicted molar refractivity (Wildman–Crippen MR) is 117 cm³/mol. The second kappa shape index (κ2) is 8.24. The third-order valence-electron chi connectivity index (χ3n) is 5.26. The summed E-state index contributed by atoms with van der Waals surface area (Å²) in [5.74, 6) is -0.322. The molecule has 0 spiro atoms. The number of esters is 1. The van der Waals surface area contributed by atoms with Crippen LogP contribution in [-0.2, 0) is 26.0 Å². The molecule has 0 amide bonds. The highest BCUT2D eigenvalue weighted by molar-refractivity contribution is 7.91. The summed E-state index contributed by atoms with van der Waals surface area (Å²) in [7, 11) is -3.05.